The van der Waals surface area contributed by atoms with Crippen molar-refractivity contribution >= 4 is 23.2 Å². The second-order valence-electron chi connectivity index (χ2n) is 5.78. The summed E-state index contributed by atoms with van der Waals surface area (Å²) in [5.74, 6) is -0.944. The van der Waals surface area contributed by atoms with Gasteiger partial charge in [-0.2, -0.15) is 0 Å². The third-order valence-corrected chi connectivity index (χ3v) is 4.26. The van der Waals surface area contributed by atoms with Crippen LogP contribution in [0.1, 0.15) is 46.7 Å². The first-order chi connectivity index (χ1) is 11.0. The minimum atomic E-state index is -0.549. The molecule has 0 amide bonds. The molecule has 0 atom stereocenters. The van der Waals surface area contributed by atoms with Crippen molar-refractivity contribution in [2.24, 2.45) is 0 Å². The molecule has 1 saturated carbocycles. The summed E-state index contributed by atoms with van der Waals surface area (Å²) in [5.41, 5.74) is 1.46. The van der Waals surface area contributed by atoms with Crippen LogP contribution in [0.5, 0.6) is 0 Å². The molecule has 1 aromatic heterocycles. The lowest BCUT2D eigenvalue weighted by molar-refractivity contribution is -0.117. The minimum Gasteiger partial charge on any atom is -0.299 e. The second-order valence-corrected chi connectivity index (χ2v) is 6.14. The highest BCUT2D eigenvalue weighted by atomic mass is 35.5. The second kappa shape index (κ2) is 6.59. The van der Waals surface area contributed by atoms with Gasteiger partial charge in [-0.3, -0.25) is 9.59 Å². The highest BCUT2D eigenvalue weighted by Crippen LogP contribution is 2.40. The summed E-state index contributed by atoms with van der Waals surface area (Å²) in [6.07, 6.45) is 3.33. The summed E-state index contributed by atoms with van der Waals surface area (Å²) < 4.78 is 14.1. The van der Waals surface area contributed by atoms with E-state index >= 15 is 0 Å². The zero-order valence-electron chi connectivity index (χ0n) is 12.4. The number of hydrogen-bond donors (Lipinski definition) is 0. The first kappa shape index (κ1) is 15.8. The first-order valence-corrected chi connectivity index (χ1v) is 7.86. The monoisotopic (exact) mass is 331 g/mol. The van der Waals surface area contributed by atoms with Crippen LogP contribution in [0.3, 0.4) is 0 Å². The molecule has 1 aliphatic carbocycles. The molecule has 0 unspecified atom stereocenters. The Morgan fingerprint density at radius 1 is 1.26 bits per heavy atom. The summed E-state index contributed by atoms with van der Waals surface area (Å²) in [5, 5.41) is 0.244. The predicted molar refractivity (Wildman–Crippen MR) is 85.3 cm³/mol. The van der Waals surface area contributed by atoms with Gasteiger partial charge in [0.15, 0.2) is 5.78 Å². The van der Waals surface area contributed by atoms with Gasteiger partial charge in [-0.25, -0.2) is 9.37 Å². The SMILES string of the molecule is O=C(CC(=O)c1ccc(C2CC2)cc1F)Cc1cccnc1Cl. The van der Waals surface area contributed by atoms with Gasteiger partial charge < -0.3 is 0 Å². The maximum atomic E-state index is 14.1. The zero-order valence-corrected chi connectivity index (χ0v) is 13.1. The van der Waals surface area contributed by atoms with Gasteiger partial charge in [0.2, 0.25) is 0 Å². The number of hydrogen-bond acceptors (Lipinski definition) is 3. The molecular formula is C18H15ClFNO2. The largest absolute Gasteiger partial charge is 0.299 e. The Labute approximate surface area is 138 Å². The smallest absolute Gasteiger partial charge is 0.173 e. The number of aromatic nitrogens is 1. The molecule has 3 nitrogen and oxygen atoms in total. The lowest BCUT2D eigenvalue weighted by Gasteiger charge is -2.06. The van der Waals surface area contributed by atoms with Crippen LogP contribution in [0.4, 0.5) is 4.39 Å². The number of carbonyl (C=O) groups excluding carboxylic acids is 2. The van der Waals surface area contributed by atoms with E-state index in [4.69, 9.17) is 11.6 Å². The van der Waals surface area contributed by atoms with E-state index in [1.807, 2.05) is 0 Å². The van der Waals surface area contributed by atoms with E-state index in [9.17, 15) is 14.0 Å². The van der Waals surface area contributed by atoms with Crippen LogP contribution in [0.15, 0.2) is 36.5 Å². The maximum absolute atomic E-state index is 14.1. The molecule has 5 heteroatoms. The number of pyridine rings is 1. The van der Waals surface area contributed by atoms with Gasteiger partial charge >= 0.3 is 0 Å². The van der Waals surface area contributed by atoms with Crippen molar-refractivity contribution in [2.75, 3.05) is 0 Å². The Morgan fingerprint density at radius 3 is 2.70 bits per heavy atom. The molecule has 0 aliphatic heterocycles. The van der Waals surface area contributed by atoms with Crippen LogP contribution in [-0.2, 0) is 11.2 Å². The minimum absolute atomic E-state index is 0.0141. The van der Waals surface area contributed by atoms with Crippen LogP contribution in [0.2, 0.25) is 5.15 Å². The van der Waals surface area contributed by atoms with Crippen molar-refractivity contribution in [1.82, 2.24) is 4.98 Å². The van der Waals surface area contributed by atoms with E-state index < -0.39 is 11.6 Å². The van der Waals surface area contributed by atoms with Crippen LogP contribution < -0.4 is 0 Å². The Bertz CT molecular complexity index is 771. The summed E-state index contributed by atoms with van der Waals surface area (Å²) in [6.45, 7) is 0. The van der Waals surface area contributed by atoms with E-state index in [1.165, 1.54) is 18.3 Å². The van der Waals surface area contributed by atoms with Gasteiger partial charge in [0.05, 0.1) is 12.0 Å². The fourth-order valence-electron chi connectivity index (χ4n) is 2.53. The van der Waals surface area contributed by atoms with Crippen molar-refractivity contribution in [3.8, 4) is 0 Å². The fraction of sp³-hybridized carbons (Fsp3) is 0.278. The molecule has 2 aromatic rings. The molecule has 118 valence electrons. The predicted octanol–water partition coefficient (Wildman–Crippen LogP) is 4.14. The Balaban J connectivity index is 1.66. The third kappa shape index (κ3) is 3.82. The van der Waals surface area contributed by atoms with Crippen molar-refractivity contribution in [3.05, 3.63) is 64.2 Å². The van der Waals surface area contributed by atoms with E-state index in [2.05, 4.69) is 4.98 Å². The molecule has 23 heavy (non-hydrogen) atoms. The molecule has 0 N–H and O–H groups in total. The Kier molecular flexibility index (Phi) is 4.53. The summed E-state index contributed by atoms with van der Waals surface area (Å²) >= 11 is 5.89. The van der Waals surface area contributed by atoms with E-state index in [0.29, 0.717) is 11.5 Å². The van der Waals surface area contributed by atoms with Crippen molar-refractivity contribution in [1.29, 1.82) is 0 Å². The first-order valence-electron chi connectivity index (χ1n) is 7.48. The highest BCUT2D eigenvalue weighted by molar-refractivity contribution is 6.30. The van der Waals surface area contributed by atoms with Gasteiger partial charge in [-0.15, -0.1) is 0 Å². The molecule has 1 aromatic carbocycles. The number of carbonyl (C=O) groups is 2. The molecule has 3 rings (SSSR count). The highest BCUT2D eigenvalue weighted by Gasteiger charge is 2.25. The lowest BCUT2D eigenvalue weighted by Crippen LogP contribution is -2.12. The standard InChI is InChI=1S/C18H15ClFNO2/c19-18-13(2-1-7-21-18)8-14(22)10-17(23)15-6-5-12(9-16(15)20)11-3-4-11/h1-2,5-7,9,11H,3-4,8,10H2. The van der Waals surface area contributed by atoms with Crippen molar-refractivity contribution in [2.45, 2.75) is 31.6 Å². The maximum Gasteiger partial charge on any atom is 0.173 e. The molecule has 0 spiro atoms. The topological polar surface area (TPSA) is 47.0 Å². The van der Waals surface area contributed by atoms with Gasteiger partial charge in [-0.1, -0.05) is 23.7 Å². The van der Waals surface area contributed by atoms with E-state index in [0.717, 1.165) is 18.4 Å². The zero-order chi connectivity index (χ0) is 16.4. The number of rotatable bonds is 6. The molecule has 1 aliphatic rings. The van der Waals surface area contributed by atoms with Crippen LogP contribution in [0, 0.1) is 5.82 Å². The van der Waals surface area contributed by atoms with Crippen molar-refractivity contribution in [3.63, 3.8) is 0 Å². The molecule has 1 heterocycles. The van der Waals surface area contributed by atoms with Crippen molar-refractivity contribution < 1.29 is 14.0 Å². The quantitative estimate of drug-likeness (QED) is 0.454. The van der Waals surface area contributed by atoms with Crippen LogP contribution >= 0.6 is 11.6 Å². The molecule has 1 fully saturated rings. The van der Waals surface area contributed by atoms with Gasteiger partial charge in [0.25, 0.3) is 0 Å². The Hall–Kier alpha value is -2.07. The summed E-state index contributed by atoms with van der Waals surface area (Å²) in [4.78, 5) is 28.0. The summed E-state index contributed by atoms with van der Waals surface area (Å²) in [6, 6.07) is 8.02. The lowest BCUT2D eigenvalue weighted by atomic mass is 10.00. The fourth-order valence-corrected chi connectivity index (χ4v) is 2.71. The number of benzene rings is 1. The third-order valence-electron chi connectivity index (χ3n) is 3.92. The number of Topliss-reactive ketones (excluding diaryl/α,β-unsaturated/α-hetero) is 2. The average Bonchev–Trinajstić information content (AvgIpc) is 3.34. The average molecular weight is 332 g/mol. The van der Waals surface area contributed by atoms with Gasteiger partial charge in [0, 0.05) is 12.6 Å². The Morgan fingerprint density at radius 2 is 2.04 bits per heavy atom. The molecular weight excluding hydrogens is 317 g/mol. The van der Waals surface area contributed by atoms with Crippen LogP contribution in [-0.4, -0.2) is 16.6 Å². The normalized spacial score (nSPS) is 13.8. The number of nitrogens with zero attached hydrogens (tertiary/aromatic N) is 1. The number of halogens is 2. The van der Waals surface area contributed by atoms with E-state index in [-0.39, 0.29) is 29.3 Å². The molecule has 0 saturated heterocycles. The van der Waals surface area contributed by atoms with Crippen LogP contribution in [0.25, 0.3) is 0 Å². The van der Waals surface area contributed by atoms with E-state index in [1.54, 1.807) is 18.2 Å². The molecule has 0 radical (unpaired) electrons. The van der Waals surface area contributed by atoms with Gasteiger partial charge in [-0.05, 0) is 48.1 Å². The summed E-state index contributed by atoms with van der Waals surface area (Å²) in [7, 11) is 0. The molecule has 0 bridgehead atoms. The number of ketones is 2. The van der Waals surface area contributed by atoms with Gasteiger partial charge in [0.1, 0.15) is 16.8 Å².